The van der Waals surface area contributed by atoms with Crippen LogP contribution in [0.15, 0.2) is 17.0 Å². The Morgan fingerprint density at radius 1 is 1.37 bits per heavy atom. The van der Waals surface area contributed by atoms with E-state index in [1.807, 2.05) is 0 Å². The fourth-order valence-corrected chi connectivity index (χ4v) is 4.02. The first-order valence-electron chi connectivity index (χ1n) is 5.28. The second-order valence-electron chi connectivity index (χ2n) is 3.83. The lowest BCUT2D eigenvalue weighted by atomic mass is 10.3. The summed E-state index contributed by atoms with van der Waals surface area (Å²) < 4.78 is 37.3. The molecule has 1 aromatic carbocycles. The molecule has 0 spiro atoms. The van der Waals surface area contributed by atoms with E-state index in [4.69, 9.17) is 28.9 Å². The molecule has 0 aliphatic rings. The standard InChI is InChI=1S/C10H14Cl2N2O3S2/c1-18(15)4-2-3-14-19(16,17)10-8(12)5-7(11)6-9(10)13/h5-6,14H,2-4,13H2,1H3. The lowest BCUT2D eigenvalue weighted by Crippen LogP contribution is -2.26. The molecule has 1 unspecified atom stereocenters. The number of nitrogens with two attached hydrogens (primary N) is 1. The highest BCUT2D eigenvalue weighted by atomic mass is 35.5. The van der Waals surface area contributed by atoms with Gasteiger partial charge in [-0.25, -0.2) is 13.1 Å². The molecule has 0 aliphatic heterocycles. The normalized spacial score (nSPS) is 13.4. The van der Waals surface area contributed by atoms with E-state index in [9.17, 15) is 12.6 Å². The van der Waals surface area contributed by atoms with Gasteiger partial charge in [0.25, 0.3) is 0 Å². The Bertz CT molecular complexity index is 567. The molecule has 19 heavy (non-hydrogen) atoms. The van der Waals surface area contributed by atoms with Crippen molar-refractivity contribution in [1.82, 2.24) is 4.72 Å². The summed E-state index contributed by atoms with van der Waals surface area (Å²) in [6.07, 6.45) is 2.02. The summed E-state index contributed by atoms with van der Waals surface area (Å²) >= 11 is 11.6. The summed E-state index contributed by atoms with van der Waals surface area (Å²) in [5.74, 6) is 0.423. The molecule has 1 rings (SSSR count). The zero-order valence-corrected chi connectivity index (χ0v) is 13.3. The van der Waals surface area contributed by atoms with Crippen molar-refractivity contribution in [1.29, 1.82) is 0 Å². The van der Waals surface area contributed by atoms with Gasteiger partial charge in [0, 0.05) is 34.4 Å². The summed E-state index contributed by atoms with van der Waals surface area (Å²) in [7, 11) is -4.75. The van der Waals surface area contributed by atoms with Crippen LogP contribution >= 0.6 is 23.2 Å². The van der Waals surface area contributed by atoms with Gasteiger partial charge >= 0.3 is 0 Å². The molecule has 0 amide bonds. The molecule has 9 heteroatoms. The van der Waals surface area contributed by atoms with Gasteiger partial charge in [-0.3, -0.25) is 4.21 Å². The van der Waals surface area contributed by atoms with Crippen LogP contribution in [-0.2, 0) is 20.8 Å². The van der Waals surface area contributed by atoms with E-state index < -0.39 is 20.8 Å². The third-order valence-corrected chi connectivity index (χ3v) is 5.28. The minimum atomic E-state index is -3.80. The zero-order valence-electron chi connectivity index (χ0n) is 10.2. The fourth-order valence-electron chi connectivity index (χ4n) is 1.42. The van der Waals surface area contributed by atoms with Gasteiger partial charge in [-0.2, -0.15) is 0 Å². The summed E-state index contributed by atoms with van der Waals surface area (Å²) in [4.78, 5) is -0.184. The molecular formula is C10H14Cl2N2O3S2. The Morgan fingerprint density at radius 3 is 2.53 bits per heavy atom. The second kappa shape index (κ2) is 6.90. The number of hydrogen-bond donors (Lipinski definition) is 2. The minimum Gasteiger partial charge on any atom is -0.398 e. The van der Waals surface area contributed by atoms with Gasteiger partial charge in [0.2, 0.25) is 10.0 Å². The lowest BCUT2D eigenvalue weighted by molar-refractivity contribution is 0.581. The number of nitrogen functional groups attached to an aromatic ring is 1. The van der Waals surface area contributed by atoms with Crippen LogP contribution in [0.3, 0.4) is 0 Å². The van der Waals surface area contributed by atoms with E-state index >= 15 is 0 Å². The maximum Gasteiger partial charge on any atom is 0.244 e. The first-order valence-corrected chi connectivity index (χ1v) is 9.25. The molecule has 0 aliphatic carbocycles. The summed E-state index contributed by atoms with van der Waals surface area (Å²) in [6, 6.07) is 2.64. The molecule has 0 saturated heterocycles. The number of benzene rings is 1. The van der Waals surface area contributed by atoms with Gasteiger partial charge in [0.15, 0.2) is 0 Å². The highest BCUT2D eigenvalue weighted by Gasteiger charge is 2.21. The van der Waals surface area contributed by atoms with Crippen LogP contribution in [0, 0.1) is 0 Å². The van der Waals surface area contributed by atoms with Crippen molar-refractivity contribution in [2.75, 3.05) is 24.3 Å². The summed E-state index contributed by atoms with van der Waals surface area (Å²) in [5, 5.41) is 0.236. The molecule has 0 saturated carbocycles. The molecule has 5 nitrogen and oxygen atoms in total. The first kappa shape index (κ1) is 16.7. The summed E-state index contributed by atoms with van der Waals surface area (Å²) in [5.41, 5.74) is 5.61. The van der Waals surface area contributed by atoms with Crippen molar-refractivity contribution >= 4 is 49.7 Å². The number of sulfonamides is 1. The van der Waals surface area contributed by atoms with E-state index in [1.165, 1.54) is 12.1 Å². The molecule has 3 N–H and O–H groups in total. The van der Waals surface area contributed by atoms with Gasteiger partial charge in [-0.1, -0.05) is 23.2 Å². The third kappa shape index (κ3) is 4.92. The first-order chi connectivity index (χ1) is 8.74. The molecule has 0 heterocycles. The van der Waals surface area contributed by atoms with Crippen LogP contribution < -0.4 is 10.5 Å². The number of halogens is 2. The van der Waals surface area contributed by atoms with E-state index in [2.05, 4.69) is 4.72 Å². The molecule has 108 valence electrons. The molecule has 0 radical (unpaired) electrons. The van der Waals surface area contributed by atoms with Crippen LogP contribution in [0.1, 0.15) is 6.42 Å². The van der Waals surface area contributed by atoms with Crippen molar-refractivity contribution in [3.63, 3.8) is 0 Å². The Balaban J connectivity index is 2.86. The van der Waals surface area contributed by atoms with Crippen LogP contribution in [0.25, 0.3) is 0 Å². The largest absolute Gasteiger partial charge is 0.398 e. The molecular weight excluding hydrogens is 331 g/mol. The van der Waals surface area contributed by atoms with Crippen LogP contribution in [-0.4, -0.2) is 31.2 Å². The zero-order chi connectivity index (χ0) is 14.6. The highest BCUT2D eigenvalue weighted by molar-refractivity contribution is 7.89. The van der Waals surface area contributed by atoms with E-state index in [0.29, 0.717) is 12.2 Å². The molecule has 0 bridgehead atoms. The predicted octanol–water partition coefficient (Wildman–Crippen LogP) is 1.62. The monoisotopic (exact) mass is 344 g/mol. The van der Waals surface area contributed by atoms with Crippen molar-refractivity contribution in [2.24, 2.45) is 0 Å². The van der Waals surface area contributed by atoms with Crippen molar-refractivity contribution in [3.8, 4) is 0 Å². The summed E-state index contributed by atoms with van der Waals surface area (Å²) in [6.45, 7) is 0.167. The van der Waals surface area contributed by atoms with Crippen molar-refractivity contribution in [3.05, 3.63) is 22.2 Å². The smallest absolute Gasteiger partial charge is 0.244 e. The quantitative estimate of drug-likeness (QED) is 0.606. The number of rotatable bonds is 6. The van der Waals surface area contributed by atoms with E-state index in [1.54, 1.807) is 6.26 Å². The van der Waals surface area contributed by atoms with Crippen molar-refractivity contribution < 1.29 is 12.6 Å². The Kier molecular flexibility index (Phi) is 6.07. The van der Waals surface area contributed by atoms with Crippen molar-refractivity contribution in [2.45, 2.75) is 11.3 Å². The Hall–Kier alpha value is -0.340. The van der Waals surface area contributed by atoms with Gasteiger partial charge in [0.05, 0.1) is 10.7 Å². The third-order valence-electron chi connectivity index (χ3n) is 2.21. The van der Waals surface area contributed by atoms with Crippen LogP contribution in [0.5, 0.6) is 0 Å². The predicted molar refractivity (Wildman–Crippen MR) is 79.6 cm³/mol. The SMILES string of the molecule is CS(=O)CCCNS(=O)(=O)c1c(N)cc(Cl)cc1Cl. The van der Waals surface area contributed by atoms with E-state index in [0.717, 1.165) is 0 Å². The molecule has 1 aromatic rings. The van der Waals surface area contributed by atoms with Crippen LogP contribution in [0.4, 0.5) is 5.69 Å². The molecule has 0 aromatic heterocycles. The number of hydrogen-bond acceptors (Lipinski definition) is 4. The van der Waals surface area contributed by atoms with E-state index in [-0.39, 0.29) is 27.2 Å². The maximum absolute atomic E-state index is 12.0. The fraction of sp³-hybridized carbons (Fsp3) is 0.400. The number of anilines is 1. The number of nitrogens with one attached hydrogen (secondary N) is 1. The van der Waals surface area contributed by atoms with Gasteiger partial charge in [-0.15, -0.1) is 0 Å². The van der Waals surface area contributed by atoms with Gasteiger partial charge < -0.3 is 5.73 Å². The highest BCUT2D eigenvalue weighted by Crippen LogP contribution is 2.30. The topological polar surface area (TPSA) is 89.3 Å². The van der Waals surface area contributed by atoms with Gasteiger partial charge in [-0.05, 0) is 18.6 Å². The molecule has 1 atom stereocenters. The van der Waals surface area contributed by atoms with Crippen LogP contribution in [0.2, 0.25) is 10.0 Å². The minimum absolute atomic E-state index is 0.0101. The maximum atomic E-state index is 12.0. The van der Waals surface area contributed by atoms with Gasteiger partial charge in [0.1, 0.15) is 4.90 Å². The Labute approximate surface area is 125 Å². The average Bonchev–Trinajstić information content (AvgIpc) is 2.22. The lowest BCUT2D eigenvalue weighted by Gasteiger charge is -2.11. The molecule has 0 fully saturated rings. The Morgan fingerprint density at radius 2 is 2.00 bits per heavy atom. The second-order valence-corrected chi connectivity index (χ2v) is 7.94. The average molecular weight is 345 g/mol.